The number of amides is 4. The number of pyridine rings is 1. The van der Waals surface area contributed by atoms with Crippen LogP contribution in [0.2, 0.25) is 0 Å². The number of thiazole rings is 1. The minimum Gasteiger partial charge on any atom is -0.472 e. The Kier molecular flexibility index (Phi) is 9.39. The van der Waals surface area contributed by atoms with Crippen molar-refractivity contribution in [2.24, 2.45) is 5.92 Å². The van der Waals surface area contributed by atoms with E-state index in [4.69, 9.17) is 9.72 Å². The molecule has 3 fully saturated rings. The van der Waals surface area contributed by atoms with E-state index in [1.54, 1.807) is 5.51 Å². The molecule has 0 spiro atoms. The van der Waals surface area contributed by atoms with Gasteiger partial charge in [-0.3, -0.25) is 28.9 Å². The zero-order valence-corrected chi connectivity index (χ0v) is 30.5. The van der Waals surface area contributed by atoms with Crippen LogP contribution in [-0.4, -0.2) is 82.4 Å². The summed E-state index contributed by atoms with van der Waals surface area (Å²) in [7, 11) is -3.88. The number of carbonyl (C=O) groups excluding carboxylic acids is 4. The van der Waals surface area contributed by atoms with Gasteiger partial charge in [0, 0.05) is 23.1 Å². The number of fused-ring (bicyclic) bond motifs is 5. The largest absolute Gasteiger partial charge is 0.472 e. The maximum absolute atomic E-state index is 14.6. The lowest BCUT2D eigenvalue weighted by Gasteiger charge is -2.29. The van der Waals surface area contributed by atoms with Crippen LogP contribution in [0.5, 0.6) is 5.88 Å². The van der Waals surface area contributed by atoms with Gasteiger partial charge < -0.3 is 20.3 Å². The van der Waals surface area contributed by atoms with Gasteiger partial charge in [-0.1, -0.05) is 61.4 Å². The molecular weight excluding hydrogens is 717 g/mol. The lowest BCUT2D eigenvalue weighted by Crippen LogP contribution is -2.58. The number of ether oxygens (including phenoxy) is 1. The number of para-hydroxylation sites is 1. The van der Waals surface area contributed by atoms with E-state index in [1.807, 2.05) is 60.7 Å². The molecule has 8 rings (SSSR count). The molecule has 3 N–H and O–H groups in total. The van der Waals surface area contributed by atoms with E-state index in [-0.39, 0.29) is 19.4 Å². The molecule has 0 bridgehead atoms. The highest BCUT2D eigenvalue weighted by Crippen LogP contribution is 2.46. The van der Waals surface area contributed by atoms with Crippen LogP contribution in [0.25, 0.3) is 21.7 Å². The Morgan fingerprint density at radius 2 is 1.75 bits per heavy atom. The van der Waals surface area contributed by atoms with E-state index in [2.05, 4.69) is 20.3 Å². The number of hydrogen-bond acceptors (Lipinski definition) is 10. The highest BCUT2D eigenvalue weighted by molar-refractivity contribution is 7.91. The van der Waals surface area contributed by atoms with Crippen LogP contribution < -0.4 is 20.1 Å². The van der Waals surface area contributed by atoms with Crippen molar-refractivity contribution in [1.82, 2.24) is 30.2 Å². The standard InChI is InChI=1S/C38H40N6O7S2/c45-33-31-18-24(51-35-28-13-7-6-11-26(28)27-12-8-9-14-29(27)41-35)21-44(31)36(47)30(40-34(46)32-20-39-22-52-32)15-5-3-1-2-4-10-23-19-38(23,42-33)37(48)43-53(49,50)25-16-17-25/h4,6-14,20,22-25,30-31H,1-3,5,15-19,21H2,(H,40,46)(H,42,45)(H,43,48)/b10-4-/t23-,24-,30+,31+,38-/m1/s1. The molecule has 53 heavy (non-hydrogen) atoms. The summed E-state index contributed by atoms with van der Waals surface area (Å²) >= 11 is 1.16. The van der Waals surface area contributed by atoms with Gasteiger partial charge in [-0.15, -0.1) is 11.3 Å². The number of nitrogens with zero attached hydrogens (tertiary/aromatic N) is 3. The highest BCUT2D eigenvalue weighted by atomic mass is 32.2. The predicted molar refractivity (Wildman–Crippen MR) is 198 cm³/mol. The topological polar surface area (TPSA) is 177 Å². The number of carbonyl (C=O) groups is 4. The summed E-state index contributed by atoms with van der Waals surface area (Å²) in [5.74, 6) is -2.30. The molecule has 4 aromatic rings. The van der Waals surface area contributed by atoms with E-state index in [0.29, 0.717) is 42.9 Å². The van der Waals surface area contributed by atoms with Crippen LogP contribution in [0.3, 0.4) is 0 Å². The van der Waals surface area contributed by atoms with E-state index in [0.717, 1.165) is 45.9 Å². The maximum atomic E-state index is 14.6. The second kappa shape index (κ2) is 14.2. The molecule has 276 valence electrons. The molecule has 4 aliphatic rings. The number of benzene rings is 2. The van der Waals surface area contributed by atoms with Crippen LogP contribution >= 0.6 is 11.3 Å². The normalized spacial score (nSPS) is 27.1. The minimum atomic E-state index is -3.88. The summed E-state index contributed by atoms with van der Waals surface area (Å²) in [6.07, 6.45) is 9.19. The average molecular weight is 757 g/mol. The van der Waals surface area contributed by atoms with Gasteiger partial charge >= 0.3 is 0 Å². The lowest BCUT2D eigenvalue weighted by molar-refractivity contribution is -0.141. The van der Waals surface area contributed by atoms with Crippen molar-refractivity contribution in [3.05, 3.63) is 77.3 Å². The summed E-state index contributed by atoms with van der Waals surface area (Å²) in [6, 6.07) is 13.5. The second-order valence-corrected chi connectivity index (χ2v) is 17.2. The first-order valence-corrected chi connectivity index (χ1v) is 20.5. The van der Waals surface area contributed by atoms with Crippen molar-refractivity contribution >= 4 is 66.7 Å². The Hall–Kier alpha value is -4.89. The molecular formula is C38H40N6O7S2. The number of aromatic nitrogens is 2. The highest BCUT2D eigenvalue weighted by Gasteiger charge is 2.62. The van der Waals surface area contributed by atoms with Crippen molar-refractivity contribution in [2.45, 2.75) is 86.8 Å². The van der Waals surface area contributed by atoms with Crippen LogP contribution in [0.1, 0.15) is 67.5 Å². The molecule has 1 saturated heterocycles. The molecule has 2 saturated carbocycles. The molecule has 2 aromatic heterocycles. The van der Waals surface area contributed by atoms with Gasteiger partial charge in [0.25, 0.3) is 11.8 Å². The van der Waals surface area contributed by atoms with E-state index >= 15 is 0 Å². The zero-order valence-electron chi connectivity index (χ0n) is 28.9. The molecule has 5 atom stereocenters. The van der Waals surface area contributed by atoms with E-state index in [9.17, 15) is 27.6 Å². The minimum absolute atomic E-state index is 0.0191. The van der Waals surface area contributed by atoms with Gasteiger partial charge in [-0.25, -0.2) is 13.4 Å². The van der Waals surface area contributed by atoms with Gasteiger partial charge in [0.15, 0.2) is 0 Å². The summed E-state index contributed by atoms with van der Waals surface area (Å²) in [4.78, 5) is 66.5. The molecule has 4 amide bonds. The molecule has 13 nitrogen and oxygen atoms in total. The van der Waals surface area contributed by atoms with E-state index < -0.39 is 68.5 Å². The molecule has 0 unspecified atom stereocenters. The second-order valence-electron chi connectivity index (χ2n) is 14.4. The third-order valence-electron chi connectivity index (χ3n) is 10.7. The summed E-state index contributed by atoms with van der Waals surface area (Å²) in [5.41, 5.74) is 0.788. The Labute approximate surface area is 310 Å². The van der Waals surface area contributed by atoms with Crippen molar-refractivity contribution in [1.29, 1.82) is 0 Å². The van der Waals surface area contributed by atoms with Crippen LogP contribution in [0.4, 0.5) is 0 Å². The van der Waals surface area contributed by atoms with Crippen molar-refractivity contribution in [3.63, 3.8) is 0 Å². The Morgan fingerprint density at radius 1 is 0.981 bits per heavy atom. The first kappa shape index (κ1) is 35.2. The number of rotatable bonds is 7. The zero-order chi connectivity index (χ0) is 36.7. The molecule has 2 aliphatic carbocycles. The maximum Gasteiger partial charge on any atom is 0.263 e. The Balaban J connectivity index is 1.12. The van der Waals surface area contributed by atoms with Crippen LogP contribution in [0.15, 0.2) is 72.4 Å². The summed E-state index contributed by atoms with van der Waals surface area (Å²) in [6.45, 7) is 0.0191. The number of nitrogens with one attached hydrogen (secondary N) is 3. The number of hydrogen-bond donors (Lipinski definition) is 3. The third kappa shape index (κ3) is 7.11. The number of sulfonamides is 1. The van der Waals surface area contributed by atoms with Gasteiger partial charge in [0.2, 0.25) is 27.7 Å². The quantitative estimate of drug-likeness (QED) is 0.186. The third-order valence-corrected chi connectivity index (χ3v) is 13.2. The van der Waals surface area contributed by atoms with E-state index in [1.165, 1.54) is 11.1 Å². The van der Waals surface area contributed by atoms with Crippen molar-refractivity contribution in [3.8, 4) is 5.88 Å². The number of allylic oxidation sites excluding steroid dienone is 1. The van der Waals surface area contributed by atoms with Gasteiger partial charge in [0.1, 0.15) is 28.6 Å². The van der Waals surface area contributed by atoms with Crippen LogP contribution in [-0.2, 0) is 24.4 Å². The Bertz CT molecular complexity index is 2220. The van der Waals surface area contributed by atoms with Gasteiger partial charge in [-0.2, -0.15) is 0 Å². The lowest BCUT2D eigenvalue weighted by atomic mass is 10.0. The molecule has 2 aliphatic heterocycles. The fraction of sp³-hybridized carbons (Fsp3) is 0.421. The summed E-state index contributed by atoms with van der Waals surface area (Å²) < 4.78 is 34.5. The molecule has 2 aromatic carbocycles. The first-order chi connectivity index (χ1) is 25.6. The van der Waals surface area contributed by atoms with Gasteiger partial charge in [0.05, 0.1) is 29.0 Å². The molecule has 0 radical (unpaired) electrons. The molecule has 15 heteroatoms. The van der Waals surface area contributed by atoms with Crippen LogP contribution in [0, 0.1) is 5.92 Å². The predicted octanol–water partition coefficient (Wildman–Crippen LogP) is 4.00. The van der Waals surface area contributed by atoms with Crippen molar-refractivity contribution in [2.75, 3.05) is 6.54 Å². The SMILES string of the molecule is O=C(N[C@H]1CCCCC/C=C\[C@@H]2C[C@@]2(C(=O)NS(=O)(=O)C2CC2)NC(=O)[C@@H]2C[C@@H](Oc3nc4ccccc4c4ccccc34)CN2C1=O)c1cncs1. The van der Waals surface area contributed by atoms with Gasteiger partial charge in [-0.05, 0) is 56.0 Å². The van der Waals surface area contributed by atoms with Crippen molar-refractivity contribution < 1.29 is 32.3 Å². The smallest absolute Gasteiger partial charge is 0.263 e. The summed E-state index contributed by atoms with van der Waals surface area (Å²) in [5, 5.41) is 7.86. The first-order valence-electron chi connectivity index (χ1n) is 18.1. The average Bonchev–Trinajstić information content (AvgIpc) is 4.01. The monoisotopic (exact) mass is 756 g/mol. The fourth-order valence-electron chi connectivity index (χ4n) is 7.53. The fourth-order valence-corrected chi connectivity index (χ4v) is 9.41. The Morgan fingerprint density at radius 3 is 2.53 bits per heavy atom. The molecule has 4 heterocycles.